The second kappa shape index (κ2) is 7.56. The molecule has 7 heteroatoms. The molecule has 0 radical (unpaired) electrons. The van der Waals surface area contributed by atoms with Crippen LogP contribution in [0.4, 0.5) is 0 Å². The number of sulfonamides is 1. The van der Waals surface area contributed by atoms with E-state index < -0.39 is 10.0 Å². The van der Waals surface area contributed by atoms with Gasteiger partial charge in [0.1, 0.15) is 0 Å². The zero-order chi connectivity index (χ0) is 20.7. The number of carbonyl (C=O) groups excluding carboxylic acids is 1. The van der Waals surface area contributed by atoms with Gasteiger partial charge in [-0.05, 0) is 42.8 Å². The molecule has 0 bridgehead atoms. The summed E-state index contributed by atoms with van der Waals surface area (Å²) in [6, 6.07) is 16.8. The molecule has 2 aromatic carbocycles. The first-order valence-electron chi connectivity index (χ1n) is 10.4. The lowest BCUT2D eigenvalue weighted by Gasteiger charge is -2.37. The number of hydrogen-bond donors (Lipinski definition) is 1. The molecule has 30 heavy (non-hydrogen) atoms. The maximum Gasteiger partial charge on any atom is 0.251 e. The summed E-state index contributed by atoms with van der Waals surface area (Å²) in [6.45, 7) is 1.64. The molecule has 6 nitrogen and oxygen atoms in total. The molecule has 0 aromatic heterocycles. The van der Waals surface area contributed by atoms with E-state index >= 15 is 0 Å². The molecule has 2 fully saturated rings. The van der Waals surface area contributed by atoms with E-state index in [0.717, 1.165) is 12.8 Å². The quantitative estimate of drug-likeness (QED) is 0.803. The molecule has 1 N–H and O–H groups in total. The van der Waals surface area contributed by atoms with Crippen LogP contribution in [-0.4, -0.2) is 55.2 Å². The monoisotopic (exact) mass is 423 g/mol. The number of amides is 1. The average molecular weight is 424 g/mol. The summed E-state index contributed by atoms with van der Waals surface area (Å²) in [6.07, 6.45) is 5.93. The summed E-state index contributed by atoms with van der Waals surface area (Å²) in [5.41, 5.74) is 1.61. The van der Waals surface area contributed by atoms with Gasteiger partial charge < -0.3 is 10.2 Å². The van der Waals surface area contributed by atoms with Gasteiger partial charge in [0.25, 0.3) is 5.91 Å². The minimum Gasteiger partial charge on any atom is -0.372 e. The Hall–Kier alpha value is -2.64. The molecule has 0 unspecified atom stereocenters. The molecule has 5 rings (SSSR count). The van der Waals surface area contributed by atoms with Crippen LogP contribution in [0.5, 0.6) is 0 Å². The third kappa shape index (κ3) is 3.63. The minimum atomic E-state index is -3.62. The van der Waals surface area contributed by atoms with Gasteiger partial charge in [-0.3, -0.25) is 4.79 Å². The van der Waals surface area contributed by atoms with E-state index in [1.165, 1.54) is 11.6 Å². The van der Waals surface area contributed by atoms with Crippen molar-refractivity contribution < 1.29 is 13.2 Å². The van der Waals surface area contributed by atoms with Gasteiger partial charge in [-0.2, -0.15) is 4.31 Å². The average Bonchev–Trinajstić information content (AvgIpc) is 3.37. The molecule has 2 aromatic rings. The molecular weight excluding hydrogens is 398 g/mol. The Morgan fingerprint density at radius 2 is 1.87 bits per heavy atom. The summed E-state index contributed by atoms with van der Waals surface area (Å²) in [7, 11) is -3.62. The first-order chi connectivity index (χ1) is 14.5. The van der Waals surface area contributed by atoms with Gasteiger partial charge in [0.05, 0.1) is 4.90 Å². The second-order valence-corrected chi connectivity index (χ2v) is 10.2. The highest BCUT2D eigenvalue weighted by molar-refractivity contribution is 7.89. The molecule has 1 amide bonds. The lowest BCUT2D eigenvalue weighted by Crippen LogP contribution is -2.51. The molecule has 1 aliphatic carbocycles. The smallest absolute Gasteiger partial charge is 0.251 e. The molecule has 3 atom stereocenters. The molecule has 1 saturated heterocycles. The fraction of sp³-hybridized carbons (Fsp3) is 0.348. The normalized spacial score (nSPS) is 25.7. The van der Waals surface area contributed by atoms with Crippen molar-refractivity contribution in [2.45, 2.75) is 35.7 Å². The fourth-order valence-electron chi connectivity index (χ4n) is 4.44. The van der Waals surface area contributed by atoms with Crippen molar-refractivity contribution in [3.63, 3.8) is 0 Å². The Morgan fingerprint density at radius 1 is 1.03 bits per heavy atom. The Kier molecular flexibility index (Phi) is 4.87. The topological polar surface area (TPSA) is 69.7 Å². The van der Waals surface area contributed by atoms with E-state index in [1.807, 2.05) is 18.2 Å². The SMILES string of the molecule is O=C(N[C@@H]1C[C@H]1c1ccccc1)c1cccc(S(=O)(=O)N2CCN3C=CC[C@H]3C2)c1. The van der Waals surface area contributed by atoms with Gasteiger partial charge in [-0.1, -0.05) is 42.5 Å². The van der Waals surface area contributed by atoms with Crippen LogP contribution < -0.4 is 5.32 Å². The molecule has 156 valence electrons. The zero-order valence-electron chi connectivity index (χ0n) is 16.6. The van der Waals surface area contributed by atoms with Crippen molar-refractivity contribution in [2.75, 3.05) is 19.6 Å². The lowest BCUT2D eigenvalue weighted by atomic mass is 10.1. The summed E-state index contributed by atoms with van der Waals surface area (Å²) < 4.78 is 27.9. The molecule has 3 aliphatic rings. The predicted octanol–water partition coefficient (Wildman–Crippen LogP) is 2.56. The van der Waals surface area contributed by atoms with Crippen molar-refractivity contribution in [1.82, 2.24) is 14.5 Å². The van der Waals surface area contributed by atoms with Crippen LogP contribution in [-0.2, 0) is 10.0 Å². The highest BCUT2D eigenvalue weighted by atomic mass is 32.2. The largest absolute Gasteiger partial charge is 0.372 e. The Morgan fingerprint density at radius 3 is 2.70 bits per heavy atom. The van der Waals surface area contributed by atoms with E-state index in [2.05, 4.69) is 34.6 Å². The number of rotatable bonds is 5. The van der Waals surface area contributed by atoms with Crippen molar-refractivity contribution >= 4 is 15.9 Å². The maximum atomic E-state index is 13.2. The number of hydrogen-bond acceptors (Lipinski definition) is 4. The minimum absolute atomic E-state index is 0.100. The van der Waals surface area contributed by atoms with Crippen molar-refractivity contribution in [3.8, 4) is 0 Å². The van der Waals surface area contributed by atoms with Crippen LogP contribution in [0.3, 0.4) is 0 Å². The highest BCUT2D eigenvalue weighted by Crippen LogP contribution is 2.40. The van der Waals surface area contributed by atoms with Gasteiger partial charge in [0.2, 0.25) is 10.0 Å². The first-order valence-corrected chi connectivity index (χ1v) is 11.8. The van der Waals surface area contributed by atoms with Gasteiger partial charge in [0.15, 0.2) is 0 Å². The van der Waals surface area contributed by atoms with Gasteiger partial charge in [-0.25, -0.2) is 8.42 Å². The summed E-state index contributed by atoms with van der Waals surface area (Å²) >= 11 is 0. The van der Waals surface area contributed by atoms with Crippen LogP contribution in [0.15, 0.2) is 71.8 Å². The molecule has 0 spiro atoms. The van der Waals surface area contributed by atoms with Crippen LogP contribution >= 0.6 is 0 Å². The van der Waals surface area contributed by atoms with Crippen molar-refractivity contribution in [3.05, 3.63) is 78.0 Å². The molecule has 2 heterocycles. The van der Waals surface area contributed by atoms with E-state index in [4.69, 9.17) is 0 Å². The van der Waals surface area contributed by atoms with Crippen molar-refractivity contribution in [2.24, 2.45) is 0 Å². The standard InChI is InChI=1S/C23H25N3O3S/c27-23(24-22-15-21(22)17-6-2-1-3-7-17)18-8-4-10-20(14-18)30(28,29)26-13-12-25-11-5-9-19(25)16-26/h1-8,10-11,14,19,21-22H,9,12-13,15-16H2,(H,24,27)/t19-,21-,22+/m0/s1. The Bertz CT molecular complexity index is 1080. The molecule has 1 saturated carbocycles. The first kappa shape index (κ1) is 19.3. The third-order valence-electron chi connectivity index (χ3n) is 6.26. The number of fused-ring (bicyclic) bond motifs is 1. The number of benzene rings is 2. The molecule has 2 aliphatic heterocycles. The number of carbonyl (C=O) groups is 1. The Labute approximate surface area is 177 Å². The third-order valence-corrected chi connectivity index (χ3v) is 8.13. The second-order valence-electron chi connectivity index (χ2n) is 8.24. The van der Waals surface area contributed by atoms with E-state index in [9.17, 15) is 13.2 Å². The van der Waals surface area contributed by atoms with Crippen LogP contribution in [0.25, 0.3) is 0 Å². The van der Waals surface area contributed by atoms with Crippen molar-refractivity contribution in [1.29, 1.82) is 0 Å². The summed E-state index contributed by atoms with van der Waals surface area (Å²) in [5, 5.41) is 3.04. The highest BCUT2D eigenvalue weighted by Gasteiger charge is 2.39. The lowest BCUT2D eigenvalue weighted by molar-refractivity contribution is 0.0950. The predicted molar refractivity (Wildman–Crippen MR) is 115 cm³/mol. The fourth-order valence-corrected chi connectivity index (χ4v) is 5.96. The van der Waals surface area contributed by atoms with Gasteiger partial charge >= 0.3 is 0 Å². The zero-order valence-corrected chi connectivity index (χ0v) is 17.5. The molecular formula is C23H25N3O3S. The number of piperazine rings is 1. The number of nitrogens with one attached hydrogen (secondary N) is 1. The van der Waals surface area contributed by atoms with E-state index in [-0.39, 0.29) is 22.9 Å². The van der Waals surface area contributed by atoms with Crippen LogP contribution in [0.2, 0.25) is 0 Å². The number of nitrogens with zero attached hydrogens (tertiary/aromatic N) is 2. The maximum absolute atomic E-state index is 13.2. The van der Waals surface area contributed by atoms with Crippen LogP contribution in [0, 0.1) is 0 Å². The van der Waals surface area contributed by atoms with Crippen LogP contribution in [0.1, 0.15) is 34.7 Å². The van der Waals surface area contributed by atoms with Gasteiger partial charge in [-0.15, -0.1) is 0 Å². The summed E-state index contributed by atoms with van der Waals surface area (Å²) in [4.78, 5) is 15.1. The van der Waals surface area contributed by atoms with E-state index in [0.29, 0.717) is 31.1 Å². The van der Waals surface area contributed by atoms with E-state index in [1.54, 1.807) is 22.5 Å². The summed E-state index contributed by atoms with van der Waals surface area (Å²) in [5.74, 6) is 0.110. The van der Waals surface area contributed by atoms with Gasteiger partial charge in [0, 0.05) is 43.2 Å². The Balaban J connectivity index is 1.27.